The lowest BCUT2D eigenvalue weighted by Gasteiger charge is -1.98. The number of carbonyl (C=O) groups is 2. The zero-order chi connectivity index (χ0) is 8.81. The summed E-state index contributed by atoms with van der Waals surface area (Å²) >= 11 is 0. The minimum Gasteiger partial charge on any atom is -0.344 e. The van der Waals surface area contributed by atoms with Gasteiger partial charge in [0, 0.05) is 6.20 Å². The molecule has 12 heavy (non-hydrogen) atoms. The van der Waals surface area contributed by atoms with Gasteiger partial charge in [0.25, 0.3) is 5.91 Å². The molecule has 0 unspecified atom stereocenters. The normalized spacial score (nSPS) is 9.00. The molecule has 1 rings (SSSR count). The van der Waals surface area contributed by atoms with E-state index in [0.717, 1.165) is 5.69 Å². The van der Waals surface area contributed by atoms with E-state index in [4.69, 9.17) is 0 Å². The number of nitrogens with zero attached hydrogens (tertiary/aromatic N) is 1. The fourth-order valence-electron chi connectivity index (χ4n) is 0.722. The van der Waals surface area contributed by atoms with Gasteiger partial charge >= 0.3 is 0 Å². The van der Waals surface area contributed by atoms with Crippen LogP contribution in [-0.2, 0) is 16.1 Å². The number of hydrogen-bond donors (Lipinski definition) is 1. The van der Waals surface area contributed by atoms with Crippen molar-refractivity contribution >= 4 is 12.2 Å². The van der Waals surface area contributed by atoms with Crippen molar-refractivity contribution in [3.8, 4) is 0 Å². The SMILES string of the molecule is O=CC(=O)NCc1ccccn1. The third-order valence-electron chi connectivity index (χ3n) is 1.28. The molecule has 1 aromatic heterocycles. The molecule has 0 aromatic carbocycles. The molecule has 0 fully saturated rings. The van der Waals surface area contributed by atoms with Gasteiger partial charge in [-0.25, -0.2) is 0 Å². The lowest BCUT2D eigenvalue weighted by molar-refractivity contribution is -0.131. The van der Waals surface area contributed by atoms with E-state index in [1.807, 2.05) is 6.07 Å². The third kappa shape index (κ3) is 2.49. The van der Waals surface area contributed by atoms with Crippen LogP contribution in [0.4, 0.5) is 0 Å². The Balaban J connectivity index is 2.43. The molecule has 62 valence electrons. The number of amides is 1. The number of pyridine rings is 1. The van der Waals surface area contributed by atoms with Crippen LogP contribution in [0, 0.1) is 0 Å². The molecule has 1 heterocycles. The highest BCUT2D eigenvalue weighted by molar-refractivity contribution is 6.23. The summed E-state index contributed by atoms with van der Waals surface area (Å²) in [5, 5.41) is 2.38. The predicted molar refractivity (Wildman–Crippen MR) is 42.1 cm³/mol. The molecule has 1 N–H and O–H groups in total. The molecule has 0 radical (unpaired) electrons. The van der Waals surface area contributed by atoms with Crippen molar-refractivity contribution in [2.75, 3.05) is 0 Å². The molecule has 0 aliphatic rings. The molecule has 1 aromatic rings. The molecule has 0 bridgehead atoms. The molecule has 4 heteroatoms. The largest absolute Gasteiger partial charge is 0.344 e. The van der Waals surface area contributed by atoms with Crippen LogP contribution in [0.3, 0.4) is 0 Å². The van der Waals surface area contributed by atoms with E-state index < -0.39 is 5.91 Å². The van der Waals surface area contributed by atoms with Crippen LogP contribution in [0.2, 0.25) is 0 Å². The first-order chi connectivity index (χ1) is 5.83. The Morgan fingerprint density at radius 1 is 1.58 bits per heavy atom. The summed E-state index contributed by atoms with van der Waals surface area (Å²) in [6.07, 6.45) is 1.87. The van der Waals surface area contributed by atoms with Crippen LogP contribution in [0.5, 0.6) is 0 Å². The highest BCUT2D eigenvalue weighted by Gasteiger charge is 1.96. The zero-order valence-corrected chi connectivity index (χ0v) is 6.36. The van der Waals surface area contributed by atoms with Gasteiger partial charge in [-0.2, -0.15) is 0 Å². The number of carbonyl (C=O) groups excluding carboxylic acids is 2. The van der Waals surface area contributed by atoms with Gasteiger partial charge in [-0.1, -0.05) is 6.07 Å². The van der Waals surface area contributed by atoms with Crippen molar-refractivity contribution in [1.29, 1.82) is 0 Å². The maximum atomic E-state index is 10.5. The monoisotopic (exact) mass is 164 g/mol. The molecule has 1 amide bonds. The molecule has 0 spiro atoms. The quantitative estimate of drug-likeness (QED) is 0.501. The van der Waals surface area contributed by atoms with Crippen LogP contribution >= 0.6 is 0 Å². The number of nitrogens with one attached hydrogen (secondary N) is 1. The van der Waals surface area contributed by atoms with Crippen LogP contribution in [0.1, 0.15) is 5.69 Å². The molecule has 0 aliphatic heterocycles. The highest BCUT2D eigenvalue weighted by Crippen LogP contribution is 1.90. The summed E-state index contributed by atoms with van der Waals surface area (Å²) in [5.41, 5.74) is 0.729. The molecule has 4 nitrogen and oxygen atoms in total. The van der Waals surface area contributed by atoms with Gasteiger partial charge in [0.1, 0.15) is 0 Å². The Labute approximate surface area is 69.6 Å². The van der Waals surface area contributed by atoms with Gasteiger partial charge in [0.05, 0.1) is 12.2 Å². The fraction of sp³-hybridized carbons (Fsp3) is 0.125. The second-order valence-corrected chi connectivity index (χ2v) is 2.16. The summed E-state index contributed by atoms with van der Waals surface area (Å²) in [6, 6.07) is 5.37. The van der Waals surface area contributed by atoms with Gasteiger partial charge < -0.3 is 5.32 Å². The predicted octanol–water partition coefficient (Wildman–Crippen LogP) is -0.103. The van der Waals surface area contributed by atoms with Crippen molar-refractivity contribution in [1.82, 2.24) is 10.3 Å². The minimum atomic E-state index is -0.624. The van der Waals surface area contributed by atoms with Crippen LogP contribution in [-0.4, -0.2) is 17.2 Å². The number of aldehydes is 1. The van der Waals surface area contributed by atoms with Crippen molar-refractivity contribution in [3.05, 3.63) is 30.1 Å². The second kappa shape index (κ2) is 4.23. The van der Waals surface area contributed by atoms with Crippen molar-refractivity contribution in [2.24, 2.45) is 0 Å². The van der Waals surface area contributed by atoms with Gasteiger partial charge in [-0.05, 0) is 12.1 Å². The highest BCUT2D eigenvalue weighted by atomic mass is 16.2. The van der Waals surface area contributed by atoms with Gasteiger partial charge in [0.2, 0.25) is 6.29 Å². The summed E-state index contributed by atoms with van der Waals surface area (Å²) in [5.74, 6) is -0.624. The van der Waals surface area contributed by atoms with Crippen molar-refractivity contribution in [2.45, 2.75) is 6.54 Å². The summed E-state index contributed by atoms with van der Waals surface area (Å²) in [6.45, 7) is 0.290. The third-order valence-corrected chi connectivity index (χ3v) is 1.28. The first kappa shape index (κ1) is 8.39. The van der Waals surface area contributed by atoms with Crippen molar-refractivity contribution in [3.63, 3.8) is 0 Å². The number of aromatic nitrogens is 1. The van der Waals surface area contributed by atoms with Gasteiger partial charge in [0.15, 0.2) is 0 Å². The van der Waals surface area contributed by atoms with Crippen LogP contribution in [0.15, 0.2) is 24.4 Å². The number of hydrogen-bond acceptors (Lipinski definition) is 3. The van der Waals surface area contributed by atoms with Crippen molar-refractivity contribution < 1.29 is 9.59 Å². The Kier molecular flexibility index (Phi) is 2.95. The average molecular weight is 164 g/mol. The fourth-order valence-corrected chi connectivity index (χ4v) is 0.722. The van der Waals surface area contributed by atoms with E-state index >= 15 is 0 Å². The molecule has 0 atom stereocenters. The van der Waals surface area contributed by atoms with Gasteiger partial charge in [-0.15, -0.1) is 0 Å². The zero-order valence-electron chi connectivity index (χ0n) is 6.36. The van der Waals surface area contributed by atoms with E-state index in [-0.39, 0.29) is 6.29 Å². The first-order valence-electron chi connectivity index (χ1n) is 3.46. The molecule has 0 saturated heterocycles. The van der Waals surface area contributed by atoms with E-state index in [1.165, 1.54) is 0 Å². The van der Waals surface area contributed by atoms with E-state index in [2.05, 4.69) is 10.3 Å². The van der Waals surface area contributed by atoms with E-state index in [1.54, 1.807) is 18.3 Å². The van der Waals surface area contributed by atoms with Crippen LogP contribution in [0.25, 0.3) is 0 Å². The van der Waals surface area contributed by atoms with Crippen LogP contribution < -0.4 is 5.32 Å². The summed E-state index contributed by atoms with van der Waals surface area (Å²) in [7, 11) is 0. The van der Waals surface area contributed by atoms with Gasteiger partial charge in [-0.3, -0.25) is 14.6 Å². The summed E-state index contributed by atoms with van der Waals surface area (Å²) in [4.78, 5) is 24.3. The maximum absolute atomic E-state index is 10.5. The smallest absolute Gasteiger partial charge is 0.284 e. The average Bonchev–Trinajstić information content (AvgIpc) is 2.16. The Bertz CT molecular complexity index is 272. The molecular formula is C8H8N2O2. The van der Waals surface area contributed by atoms with E-state index in [9.17, 15) is 9.59 Å². The molecule has 0 aliphatic carbocycles. The lowest BCUT2D eigenvalue weighted by atomic mass is 10.3. The lowest BCUT2D eigenvalue weighted by Crippen LogP contribution is -2.23. The second-order valence-electron chi connectivity index (χ2n) is 2.16. The van der Waals surface area contributed by atoms with E-state index in [0.29, 0.717) is 6.54 Å². The minimum absolute atomic E-state index is 0.239. The first-order valence-corrected chi connectivity index (χ1v) is 3.46. The Morgan fingerprint density at radius 2 is 2.42 bits per heavy atom. The molecule has 0 saturated carbocycles. The maximum Gasteiger partial charge on any atom is 0.284 e. The summed E-state index contributed by atoms with van der Waals surface area (Å²) < 4.78 is 0. The number of rotatable bonds is 3. The Hall–Kier alpha value is -1.71. The Morgan fingerprint density at radius 3 is 3.00 bits per heavy atom. The standard InChI is InChI=1S/C8H8N2O2/c11-6-8(12)10-5-7-3-1-2-4-9-7/h1-4,6H,5H2,(H,10,12). The topological polar surface area (TPSA) is 59.1 Å². The molecular weight excluding hydrogens is 156 g/mol.